The van der Waals surface area contributed by atoms with E-state index in [0.29, 0.717) is 0 Å². The molecular weight excluding hydrogens is 240 g/mol. The number of carbonyl (C=O) groups excluding carboxylic acids is 1. The summed E-state index contributed by atoms with van der Waals surface area (Å²) in [6, 6.07) is 0. The Balaban J connectivity index is -0.000000240. The van der Waals surface area contributed by atoms with Crippen molar-refractivity contribution in [3.05, 3.63) is 0 Å². The Morgan fingerprint density at radius 2 is 2.07 bits per heavy atom. The molecule has 0 atom stereocenters. The second kappa shape index (κ2) is 8.05. The number of nitrogens with two attached hydrogens (primary N) is 1. The molecule has 0 aromatic heterocycles. The molecule has 7 N–H and O–H groups in total. The van der Waals surface area contributed by atoms with Crippen LogP contribution in [0.4, 0.5) is 0 Å². The van der Waals surface area contributed by atoms with Gasteiger partial charge in [-0.05, 0) is 0 Å². The van der Waals surface area contributed by atoms with Crippen LogP contribution in [0.2, 0.25) is 0 Å². The molecule has 0 aliphatic heterocycles. The molecule has 0 fully saturated rings. The minimum Gasteiger partial charge on any atom is -1.00 e. The maximum atomic E-state index is 10.7. The number of guanidine groups is 1. The van der Waals surface area contributed by atoms with E-state index in [-0.39, 0.29) is 36.5 Å². The van der Waals surface area contributed by atoms with Crippen molar-refractivity contribution in [2.45, 2.75) is 0 Å². The predicted molar refractivity (Wildman–Crippen MR) is 47.4 cm³/mol. The first-order chi connectivity index (χ1) is 5.72. The van der Waals surface area contributed by atoms with E-state index in [1.165, 1.54) is 7.05 Å². The van der Waals surface area contributed by atoms with Crippen molar-refractivity contribution in [1.29, 1.82) is 5.41 Å². The number of hydrogen-bond acceptors (Lipinski definition) is 4. The van der Waals surface area contributed by atoms with Crippen LogP contribution < -0.4 is 35.3 Å². The first-order valence-electron chi connectivity index (χ1n) is 3.05. The first-order valence-corrected chi connectivity index (χ1v) is 4.58. The Labute approximate surface area is 109 Å². The molecule has 9 nitrogen and oxygen atoms in total. The molecule has 0 aromatic rings. The number of nitrogens with zero attached hydrogens (tertiary/aromatic N) is 1. The van der Waals surface area contributed by atoms with E-state index in [0.717, 1.165) is 4.90 Å². The van der Waals surface area contributed by atoms with Crippen molar-refractivity contribution in [3.8, 4) is 0 Å². The molecule has 11 heteroatoms. The molecule has 0 amide bonds. The van der Waals surface area contributed by atoms with Gasteiger partial charge in [-0.25, -0.2) is 9.36 Å². The third-order valence-electron chi connectivity index (χ3n) is 0.998. The number of likely N-dealkylation sites (N-methyl/N-ethyl adjacent to an activating group) is 1. The Morgan fingerprint density at radius 3 is 2.33 bits per heavy atom. The molecule has 0 spiro atoms. The van der Waals surface area contributed by atoms with Gasteiger partial charge in [0.25, 0.3) is 0 Å². The van der Waals surface area contributed by atoms with Gasteiger partial charge >= 0.3 is 43.3 Å². The van der Waals surface area contributed by atoms with Gasteiger partial charge in [0.15, 0.2) is 5.96 Å². The molecule has 0 aliphatic rings. The summed E-state index contributed by atoms with van der Waals surface area (Å²) in [6.07, 6.45) is 0. The molecule has 0 rings (SSSR count). The van der Waals surface area contributed by atoms with E-state index in [1.807, 2.05) is 0 Å². The second-order valence-corrected chi connectivity index (χ2v) is 3.36. The molecule has 0 heterocycles. The third kappa shape index (κ3) is 11.8. The second-order valence-electron chi connectivity index (χ2n) is 2.20. The zero-order valence-electron chi connectivity index (χ0n) is 9.30. The normalized spacial score (nSPS) is 9.27. The number of phosphoric acid groups is 1. The number of carbonyl (C=O) groups is 1. The van der Waals surface area contributed by atoms with Gasteiger partial charge < -0.3 is 22.1 Å². The summed E-state index contributed by atoms with van der Waals surface area (Å²) in [4.78, 5) is 28.0. The van der Waals surface area contributed by atoms with Crippen molar-refractivity contribution >= 4 is 19.8 Å². The van der Waals surface area contributed by atoms with Crippen molar-refractivity contribution < 1.29 is 60.1 Å². The molecular formula is C4H13N3NaO6P. The van der Waals surface area contributed by atoms with Gasteiger partial charge in [-0.1, -0.05) is 0 Å². The van der Waals surface area contributed by atoms with Crippen LogP contribution in [-0.2, 0) is 13.9 Å². The van der Waals surface area contributed by atoms with Gasteiger partial charge in [0.2, 0.25) is 0 Å². The average Bonchev–Trinajstić information content (AvgIpc) is 1.81. The summed E-state index contributed by atoms with van der Waals surface area (Å²) < 4.78 is 13.8. The molecule has 0 saturated carbocycles. The van der Waals surface area contributed by atoms with Crippen molar-refractivity contribution in [1.82, 2.24) is 4.90 Å². The van der Waals surface area contributed by atoms with E-state index in [9.17, 15) is 9.36 Å². The zero-order chi connectivity index (χ0) is 10.6. The maximum absolute atomic E-state index is 10.7. The summed E-state index contributed by atoms with van der Waals surface area (Å²) in [7, 11) is -3.49. The van der Waals surface area contributed by atoms with Crippen molar-refractivity contribution in [3.63, 3.8) is 0 Å². The number of phosphoric ester groups is 1. The molecule has 15 heavy (non-hydrogen) atoms. The summed E-state index contributed by atoms with van der Waals surface area (Å²) in [6.45, 7) is -0.486. The monoisotopic (exact) mass is 253 g/mol. The fourth-order valence-corrected chi connectivity index (χ4v) is 0.763. The third-order valence-corrected chi connectivity index (χ3v) is 1.44. The number of nitrogens with one attached hydrogen (secondary N) is 1. The van der Waals surface area contributed by atoms with E-state index in [2.05, 4.69) is 4.52 Å². The summed E-state index contributed by atoms with van der Waals surface area (Å²) in [5, 5.41) is 6.83. The summed E-state index contributed by atoms with van der Waals surface area (Å²) in [5.74, 6) is -1.55. The van der Waals surface area contributed by atoms with Gasteiger partial charge in [0, 0.05) is 7.05 Å². The van der Waals surface area contributed by atoms with Gasteiger partial charge in [-0.3, -0.25) is 15.2 Å². The van der Waals surface area contributed by atoms with Crippen molar-refractivity contribution in [2.75, 3.05) is 13.6 Å². The molecule has 0 bridgehead atoms. The number of hydrogen-bond donors (Lipinski definition) is 4. The van der Waals surface area contributed by atoms with E-state index in [1.54, 1.807) is 0 Å². The average molecular weight is 253 g/mol. The fraction of sp³-hybridized carbons (Fsp3) is 0.500. The minimum atomic E-state index is -4.80. The van der Waals surface area contributed by atoms with Gasteiger partial charge in [0.1, 0.15) is 6.54 Å². The fourth-order valence-electron chi connectivity index (χ4n) is 0.440. The van der Waals surface area contributed by atoms with Crippen LogP contribution in [0.3, 0.4) is 0 Å². The first kappa shape index (κ1) is 20.3. The Kier molecular flexibility index (Phi) is 10.9. The zero-order valence-corrected chi connectivity index (χ0v) is 11.2. The van der Waals surface area contributed by atoms with E-state index >= 15 is 0 Å². The molecule has 0 aromatic carbocycles. The van der Waals surface area contributed by atoms with Crippen LogP contribution in [0, 0.1) is 5.41 Å². The van der Waals surface area contributed by atoms with E-state index < -0.39 is 26.3 Å². The quantitative estimate of drug-likeness (QED) is 0.168. The molecule has 0 aliphatic carbocycles. The minimum absolute atomic E-state index is 0. The van der Waals surface area contributed by atoms with Crippen LogP contribution >= 0.6 is 7.82 Å². The summed E-state index contributed by atoms with van der Waals surface area (Å²) >= 11 is 0. The van der Waals surface area contributed by atoms with Crippen LogP contribution in [-0.4, -0.2) is 45.7 Å². The Hall–Kier alpha value is -0.150. The van der Waals surface area contributed by atoms with Crippen LogP contribution in [0.15, 0.2) is 0 Å². The Bertz CT molecular complexity index is 272. The molecule has 0 radical (unpaired) electrons. The van der Waals surface area contributed by atoms with Gasteiger partial charge in [0.05, 0.1) is 0 Å². The topological polar surface area (TPSA) is 168 Å². The molecule has 0 unspecified atom stereocenters. The maximum Gasteiger partial charge on any atom is 1.00 e. The van der Waals surface area contributed by atoms with Crippen LogP contribution in [0.1, 0.15) is 1.43 Å². The van der Waals surface area contributed by atoms with Crippen LogP contribution in [0.5, 0.6) is 0 Å². The smallest absolute Gasteiger partial charge is 1.00 e. The largest absolute Gasteiger partial charge is 1.00 e. The Morgan fingerprint density at radius 1 is 1.67 bits per heavy atom. The number of rotatable bonds is 3. The van der Waals surface area contributed by atoms with Crippen LogP contribution in [0.25, 0.3) is 0 Å². The standard InChI is InChI=1S/C4H10N3O5P.Na.H2O.H/c1-7(4(5)6)2-3(8)12-13(9,10)11;;;/h2H2,1H3,(H3,5,6)(H2,9,10,11);;1H2;/q;+1;;-1. The molecule has 86 valence electrons. The SMILES string of the molecule is CN(CC(=O)OP(=O)(O)O)C(=N)N.O.[H-].[Na+]. The van der Waals surface area contributed by atoms with Gasteiger partial charge in [-0.2, -0.15) is 0 Å². The van der Waals surface area contributed by atoms with E-state index in [4.69, 9.17) is 20.9 Å². The van der Waals surface area contributed by atoms with Gasteiger partial charge in [-0.15, -0.1) is 0 Å². The summed E-state index contributed by atoms with van der Waals surface area (Å²) in [5.41, 5.74) is 4.96. The predicted octanol–water partition coefficient (Wildman–Crippen LogP) is -5.26. The molecule has 0 saturated heterocycles. The van der Waals surface area contributed by atoms with Crippen molar-refractivity contribution in [2.24, 2.45) is 5.73 Å².